The van der Waals surface area contributed by atoms with Crippen LogP contribution in [0.3, 0.4) is 0 Å². The molecule has 3 nitrogen and oxygen atoms in total. The summed E-state index contributed by atoms with van der Waals surface area (Å²) in [6, 6.07) is 5.24. The normalized spacial score (nSPS) is 19.5. The van der Waals surface area contributed by atoms with Crippen molar-refractivity contribution in [3.63, 3.8) is 0 Å². The summed E-state index contributed by atoms with van der Waals surface area (Å²) in [5.74, 6) is -0.0141. The van der Waals surface area contributed by atoms with Crippen LogP contribution < -0.4 is 5.73 Å². The first-order valence-corrected chi connectivity index (χ1v) is 7.35. The van der Waals surface area contributed by atoms with Gasteiger partial charge in [-0.15, -0.1) is 0 Å². The summed E-state index contributed by atoms with van der Waals surface area (Å²) >= 11 is 12.0. The Hall–Kier alpha value is -0.770. The minimum Gasteiger partial charge on any atom is -0.336 e. The maximum absolute atomic E-state index is 12.6. The molecule has 1 aliphatic rings. The van der Waals surface area contributed by atoms with Crippen molar-refractivity contribution < 1.29 is 4.79 Å². The lowest BCUT2D eigenvalue weighted by Crippen LogP contribution is -2.44. The fraction of sp³-hybridized carbons (Fsp3) is 0.500. The molecule has 0 radical (unpaired) electrons. The fourth-order valence-electron chi connectivity index (χ4n) is 2.58. The van der Waals surface area contributed by atoms with Crippen LogP contribution in [0.4, 0.5) is 0 Å². The van der Waals surface area contributed by atoms with Crippen molar-refractivity contribution in [1.29, 1.82) is 0 Å². The van der Waals surface area contributed by atoms with Gasteiger partial charge in [-0.05, 0) is 50.4 Å². The van der Waals surface area contributed by atoms with E-state index in [1.165, 1.54) is 0 Å². The smallest absolute Gasteiger partial charge is 0.255 e. The first-order valence-electron chi connectivity index (χ1n) is 6.59. The van der Waals surface area contributed by atoms with Crippen molar-refractivity contribution in [3.8, 4) is 0 Å². The minimum atomic E-state index is -0.0141. The molecule has 19 heavy (non-hydrogen) atoms. The zero-order valence-electron chi connectivity index (χ0n) is 10.7. The summed E-state index contributed by atoms with van der Waals surface area (Å²) in [6.45, 7) is 1.38. The van der Waals surface area contributed by atoms with Gasteiger partial charge in [0.2, 0.25) is 0 Å². The molecule has 0 bridgehead atoms. The average molecular weight is 301 g/mol. The molecule has 1 aliphatic heterocycles. The van der Waals surface area contributed by atoms with Gasteiger partial charge in [0.25, 0.3) is 5.91 Å². The molecule has 1 aromatic carbocycles. The Bertz CT molecular complexity index is 463. The molecule has 1 aromatic rings. The van der Waals surface area contributed by atoms with Crippen molar-refractivity contribution in [1.82, 2.24) is 4.90 Å². The lowest BCUT2D eigenvalue weighted by molar-refractivity contribution is 0.0605. The first kappa shape index (κ1) is 14.6. The van der Waals surface area contributed by atoms with E-state index in [1.807, 2.05) is 4.90 Å². The monoisotopic (exact) mass is 300 g/mol. The molecule has 0 aromatic heterocycles. The van der Waals surface area contributed by atoms with Crippen LogP contribution in [0.2, 0.25) is 10.0 Å². The summed E-state index contributed by atoms with van der Waals surface area (Å²) in [5.41, 5.74) is 6.15. The maximum atomic E-state index is 12.6. The van der Waals surface area contributed by atoms with E-state index in [0.29, 0.717) is 22.2 Å². The van der Waals surface area contributed by atoms with Crippen LogP contribution in [0.15, 0.2) is 18.2 Å². The van der Waals surface area contributed by atoms with E-state index >= 15 is 0 Å². The van der Waals surface area contributed by atoms with Gasteiger partial charge in [0.1, 0.15) is 0 Å². The highest BCUT2D eigenvalue weighted by Gasteiger charge is 2.27. The van der Waals surface area contributed by atoms with Gasteiger partial charge in [-0.1, -0.05) is 23.2 Å². The van der Waals surface area contributed by atoms with Crippen molar-refractivity contribution in [2.24, 2.45) is 5.73 Å². The molecule has 0 saturated carbocycles. The van der Waals surface area contributed by atoms with E-state index in [1.54, 1.807) is 18.2 Å². The third-order valence-electron chi connectivity index (χ3n) is 3.55. The first-order chi connectivity index (χ1) is 9.13. The van der Waals surface area contributed by atoms with E-state index in [-0.39, 0.29) is 11.9 Å². The number of nitrogens with two attached hydrogens (primary N) is 1. The third-order valence-corrected chi connectivity index (χ3v) is 4.10. The molecular formula is C14H18Cl2N2O. The maximum Gasteiger partial charge on any atom is 0.255 e. The van der Waals surface area contributed by atoms with Crippen LogP contribution in [0.5, 0.6) is 0 Å². The summed E-state index contributed by atoms with van der Waals surface area (Å²) in [5, 5.41) is 0.952. The molecular weight excluding hydrogens is 283 g/mol. The second-order valence-corrected chi connectivity index (χ2v) is 5.69. The molecule has 1 saturated heterocycles. The number of hydrogen-bond donors (Lipinski definition) is 1. The topological polar surface area (TPSA) is 46.3 Å². The van der Waals surface area contributed by atoms with Crippen molar-refractivity contribution in [2.45, 2.75) is 31.7 Å². The summed E-state index contributed by atoms with van der Waals surface area (Å²) in [6.07, 6.45) is 4.06. The summed E-state index contributed by atoms with van der Waals surface area (Å²) in [7, 11) is 0. The Morgan fingerprint density at radius 2 is 2.16 bits per heavy atom. The number of nitrogens with zero attached hydrogens (tertiary/aromatic N) is 1. The molecule has 2 N–H and O–H groups in total. The number of amides is 1. The predicted molar refractivity (Wildman–Crippen MR) is 78.8 cm³/mol. The zero-order chi connectivity index (χ0) is 13.8. The highest BCUT2D eigenvalue weighted by Crippen LogP contribution is 2.26. The van der Waals surface area contributed by atoms with Crippen LogP contribution in [-0.2, 0) is 0 Å². The second kappa shape index (κ2) is 6.60. The average Bonchev–Trinajstić information content (AvgIpc) is 2.39. The van der Waals surface area contributed by atoms with Gasteiger partial charge in [0.15, 0.2) is 0 Å². The number of rotatable bonds is 3. The van der Waals surface area contributed by atoms with Gasteiger partial charge in [-0.2, -0.15) is 0 Å². The van der Waals surface area contributed by atoms with Gasteiger partial charge in [-0.25, -0.2) is 0 Å². The second-order valence-electron chi connectivity index (χ2n) is 4.85. The van der Waals surface area contributed by atoms with E-state index in [9.17, 15) is 4.79 Å². The SMILES string of the molecule is NCCC1CCCCN1C(=O)c1ccc(Cl)cc1Cl. The molecule has 1 heterocycles. The molecule has 0 spiro atoms. The molecule has 0 aliphatic carbocycles. The number of carbonyl (C=O) groups is 1. The Morgan fingerprint density at radius 3 is 2.84 bits per heavy atom. The van der Waals surface area contributed by atoms with Crippen molar-refractivity contribution >= 4 is 29.1 Å². The third kappa shape index (κ3) is 3.41. The molecule has 1 atom stereocenters. The van der Waals surface area contributed by atoms with Crippen LogP contribution in [0, 0.1) is 0 Å². The van der Waals surface area contributed by atoms with Crippen molar-refractivity contribution in [2.75, 3.05) is 13.1 Å². The molecule has 1 fully saturated rings. The molecule has 1 amide bonds. The van der Waals surface area contributed by atoms with Gasteiger partial charge >= 0.3 is 0 Å². The number of carbonyl (C=O) groups excluding carboxylic acids is 1. The van der Waals surface area contributed by atoms with E-state index in [2.05, 4.69) is 0 Å². The lowest BCUT2D eigenvalue weighted by Gasteiger charge is -2.36. The quantitative estimate of drug-likeness (QED) is 0.930. The highest BCUT2D eigenvalue weighted by molar-refractivity contribution is 6.36. The van der Waals surface area contributed by atoms with Crippen LogP contribution in [-0.4, -0.2) is 29.9 Å². The lowest BCUT2D eigenvalue weighted by atomic mass is 9.98. The molecule has 5 heteroatoms. The summed E-state index contributed by atoms with van der Waals surface area (Å²) < 4.78 is 0. The number of piperidine rings is 1. The van der Waals surface area contributed by atoms with Crippen LogP contribution in [0.25, 0.3) is 0 Å². The Balaban J connectivity index is 2.21. The zero-order valence-corrected chi connectivity index (χ0v) is 12.3. The number of halogens is 2. The van der Waals surface area contributed by atoms with Crippen molar-refractivity contribution in [3.05, 3.63) is 33.8 Å². The number of benzene rings is 1. The predicted octanol–water partition coefficient (Wildman–Crippen LogP) is 3.34. The molecule has 2 rings (SSSR count). The van der Waals surface area contributed by atoms with E-state index < -0.39 is 0 Å². The highest BCUT2D eigenvalue weighted by atomic mass is 35.5. The molecule has 1 unspecified atom stereocenters. The number of hydrogen-bond acceptors (Lipinski definition) is 2. The van der Waals surface area contributed by atoms with Crippen LogP contribution in [0.1, 0.15) is 36.0 Å². The Kier molecular flexibility index (Phi) is 5.08. The van der Waals surface area contributed by atoms with Crippen LogP contribution >= 0.6 is 23.2 Å². The Labute approximate surface area is 123 Å². The van der Waals surface area contributed by atoms with Gasteiger partial charge in [-0.3, -0.25) is 4.79 Å². The van der Waals surface area contributed by atoms with Gasteiger partial charge < -0.3 is 10.6 Å². The van der Waals surface area contributed by atoms with E-state index in [0.717, 1.165) is 32.2 Å². The minimum absolute atomic E-state index is 0.0141. The fourth-order valence-corrected chi connectivity index (χ4v) is 3.07. The van der Waals surface area contributed by atoms with Gasteiger partial charge in [0, 0.05) is 17.6 Å². The van der Waals surface area contributed by atoms with E-state index in [4.69, 9.17) is 28.9 Å². The number of likely N-dealkylation sites (tertiary alicyclic amines) is 1. The standard InChI is InChI=1S/C14H18Cl2N2O/c15-10-4-5-12(13(16)9-10)14(19)18-8-2-1-3-11(18)6-7-17/h4-5,9,11H,1-3,6-8,17H2. The Morgan fingerprint density at radius 1 is 1.37 bits per heavy atom. The molecule has 104 valence electrons. The van der Waals surface area contributed by atoms with Gasteiger partial charge in [0.05, 0.1) is 10.6 Å². The summed E-state index contributed by atoms with van der Waals surface area (Å²) in [4.78, 5) is 14.5. The largest absolute Gasteiger partial charge is 0.336 e.